The van der Waals surface area contributed by atoms with E-state index in [-0.39, 0.29) is 5.91 Å². The fourth-order valence-corrected chi connectivity index (χ4v) is 1.55. The van der Waals surface area contributed by atoms with E-state index < -0.39 is 5.41 Å². The van der Waals surface area contributed by atoms with Crippen LogP contribution in [0, 0.1) is 16.7 Å². The number of nitrogens with zero attached hydrogens (tertiary/aromatic N) is 1. The number of thioether (sulfide) groups is 1. The highest BCUT2D eigenvalue weighted by Gasteiger charge is 2.30. The van der Waals surface area contributed by atoms with E-state index in [9.17, 15) is 4.79 Å². The molecule has 0 bridgehead atoms. The van der Waals surface area contributed by atoms with Crippen LogP contribution in [0.1, 0.15) is 33.1 Å². The smallest absolute Gasteiger partial charge is 0.240 e. The van der Waals surface area contributed by atoms with Gasteiger partial charge in [-0.1, -0.05) is 6.92 Å². The van der Waals surface area contributed by atoms with E-state index in [2.05, 4.69) is 17.6 Å². The maximum Gasteiger partial charge on any atom is 0.240 e. The van der Waals surface area contributed by atoms with Crippen molar-refractivity contribution in [1.82, 2.24) is 5.32 Å². The van der Waals surface area contributed by atoms with E-state index in [1.165, 1.54) is 0 Å². The Hall–Kier alpha value is -0.690. The molecule has 0 saturated carbocycles. The second-order valence-corrected chi connectivity index (χ2v) is 4.74. The monoisotopic (exact) mass is 228 g/mol. The molecule has 86 valence electrons. The number of unbranched alkanes of at least 4 members (excludes halogenated alkanes) is 1. The average Bonchev–Trinajstić information content (AvgIpc) is 2.27. The highest BCUT2D eigenvalue weighted by molar-refractivity contribution is 7.98. The van der Waals surface area contributed by atoms with E-state index in [1.807, 2.05) is 18.7 Å². The maximum atomic E-state index is 11.6. The summed E-state index contributed by atoms with van der Waals surface area (Å²) in [5, 5.41) is 11.7. The largest absolute Gasteiger partial charge is 0.355 e. The van der Waals surface area contributed by atoms with E-state index in [4.69, 9.17) is 5.26 Å². The van der Waals surface area contributed by atoms with E-state index in [0.717, 1.165) is 18.6 Å². The third-order valence-electron chi connectivity index (χ3n) is 2.52. The lowest BCUT2D eigenvalue weighted by Crippen LogP contribution is -2.38. The molecule has 1 amide bonds. The van der Waals surface area contributed by atoms with Crippen LogP contribution in [0.15, 0.2) is 0 Å². The highest BCUT2D eigenvalue weighted by Crippen LogP contribution is 2.19. The number of nitriles is 1. The summed E-state index contributed by atoms with van der Waals surface area (Å²) in [5.74, 6) is 0.982. The van der Waals surface area contributed by atoms with Crippen molar-refractivity contribution in [2.75, 3.05) is 18.6 Å². The van der Waals surface area contributed by atoms with Crippen molar-refractivity contribution in [2.45, 2.75) is 33.1 Å². The predicted octanol–water partition coefficient (Wildman–Crippen LogP) is 2.19. The molecular formula is C11H20N2OS. The van der Waals surface area contributed by atoms with E-state index >= 15 is 0 Å². The molecule has 3 nitrogen and oxygen atoms in total. The second-order valence-electron chi connectivity index (χ2n) is 3.75. The fraction of sp³-hybridized carbons (Fsp3) is 0.818. The van der Waals surface area contributed by atoms with Gasteiger partial charge in [-0.15, -0.1) is 0 Å². The minimum absolute atomic E-state index is 0.142. The number of carbonyl (C=O) groups excluding carboxylic acids is 1. The molecule has 0 aliphatic heterocycles. The number of rotatable bonds is 7. The van der Waals surface area contributed by atoms with Crippen LogP contribution in [0.3, 0.4) is 0 Å². The summed E-state index contributed by atoms with van der Waals surface area (Å²) in [4.78, 5) is 11.6. The van der Waals surface area contributed by atoms with Gasteiger partial charge in [0.15, 0.2) is 0 Å². The SMILES string of the molecule is CCC(C)(C#N)C(=O)NCCCCSC. The summed E-state index contributed by atoms with van der Waals surface area (Å²) in [6.07, 6.45) is 4.72. The molecule has 15 heavy (non-hydrogen) atoms. The van der Waals surface area contributed by atoms with Gasteiger partial charge in [-0.25, -0.2) is 0 Å². The molecule has 0 spiro atoms. The molecule has 0 aromatic carbocycles. The molecule has 0 saturated heterocycles. The van der Waals surface area contributed by atoms with Crippen molar-refractivity contribution in [1.29, 1.82) is 5.26 Å². The first kappa shape index (κ1) is 14.3. The number of hydrogen-bond donors (Lipinski definition) is 1. The Labute approximate surface area is 96.6 Å². The zero-order valence-corrected chi connectivity index (χ0v) is 10.6. The summed E-state index contributed by atoms with van der Waals surface area (Å²) in [7, 11) is 0. The van der Waals surface area contributed by atoms with Gasteiger partial charge in [-0.3, -0.25) is 4.79 Å². The molecule has 0 aliphatic rings. The van der Waals surface area contributed by atoms with Crippen molar-refractivity contribution in [3.63, 3.8) is 0 Å². The summed E-state index contributed by atoms with van der Waals surface area (Å²) < 4.78 is 0. The van der Waals surface area contributed by atoms with Crippen LogP contribution in [0.5, 0.6) is 0 Å². The quantitative estimate of drug-likeness (QED) is 0.680. The van der Waals surface area contributed by atoms with Crippen molar-refractivity contribution in [2.24, 2.45) is 5.41 Å². The molecule has 1 atom stereocenters. The summed E-state index contributed by atoms with van der Waals surface area (Å²) in [5.41, 5.74) is -0.862. The standard InChI is InChI=1S/C11H20N2OS/c1-4-11(2,9-12)10(14)13-7-5-6-8-15-3/h4-8H2,1-3H3,(H,13,14). The Morgan fingerprint density at radius 2 is 2.20 bits per heavy atom. The second kappa shape index (κ2) is 7.58. The molecule has 0 aromatic heterocycles. The lowest BCUT2D eigenvalue weighted by atomic mass is 9.88. The van der Waals surface area contributed by atoms with Gasteiger partial charge in [0.25, 0.3) is 0 Å². The van der Waals surface area contributed by atoms with Gasteiger partial charge in [0.1, 0.15) is 5.41 Å². The van der Waals surface area contributed by atoms with Crippen LogP contribution in [0.2, 0.25) is 0 Å². The van der Waals surface area contributed by atoms with Gasteiger partial charge in [0.05, 0.1) is 6.07 Å². The Morgan fingerprint density at radius 3 is 2.67 bits per heavy atom. The number of amides is 1. The third-order valence-corrected chi connectivity index (χ3v) is 3.21. The van der Waals surface area contributed by atoms with Gasteiger partial charge in [0.2, 0.25) is 5.91 Å². The highest BCUT2D eigenvalue weighted by atomic mass is 32.2. The molecule has 0 heterocycles. The number of carbonyl (C=O) groups is 1. The molecule has 1 unspecified atom stereocenters. The molecule has 0 rings (SSSR count). The molecule has 4 heteroatoms. The van der Waals surface area contributed by atoms with Gasteiger partial charge in [0, 0.05) is 6.54 Å². The van der Waals surface area contributed by atoms with E-state index in [1.54, 1.807) is 6.92 Å². The van der Waals surface area contributed by atoms with Crippen LogP contribution in [-0.2, 0) is 4.79 Å². The van der Waals surface area contributed by atoms with Gasteiger partial charge in [-0.05, 0) is 38.2 Å². The molecule has 1 N–H and O–H groups in total. The van der Waals surface area contributed by atoms with Gasteiger partial charge in [-0.2, -0.15) is 17.0 Å². The van der Waals surface area contributed by atoms with Crippen LogP contribution in [-0.4, -0.2) is 24.5 Å². The number of hydrogen-bond acceptors (Lipinski definition) is 3. The molecule has 0 aliphatic carbocycles. The first-order valence-electron chi connectivity index (χ1n) is 5.29. The average molecular weight is 228 g/mol. The first-order chi connectivity index (χ1) is 7.10. The Bertz CT molecular complexity index is 237. The van der Waals surface area contributed by atoms with Crippen molar-refractivity contribution in [3.05, 3.63) is 0 Å². The fourth-order valence-electron chi connectivity index (χ4n) is 1.06. The van der Waals surface area contributed by atoms with Crippen LogP contribution in [0.25, 0.3) is 0 Å². The Kier molecular flexibility index (Phi) is 7.23. The summed E-state index contributed by atoms with van der Waals surface area (Å²) >= 11 is 1.81. The van der Waals surface area contributed by atoms with Crippen LogP contribution in [0.4, 0.5) is 0 Å². The normalized spacial score (nSPS) is 14.0. The van der Waals surface area contributed by atoms with Crippen molar-refractivity contribution in [3.8, 4) is 6.07 Å². The summed E-state index contributed by atoms with van der Waals surface area (Å²) in [6.45, 7) is 4.22. The summed E-state index contributed by atoms with van der Waals surface area (Å²) in [6, 6.07) is 2.06. The number of nitrogens with one attached hydrogen (secondary N) is 1. The minimum atomic E-state index is -0.862. The molecule has 0 fully saturated rings. The zero-order valence-electron chi connectivity index (χ0n) is 9.80. The minimum Gasteiger partial charge on any atom is -0.355 e. The van der Waals surface area contributed by atoms with Crippen molar-refractivity contribution >= 4 is 17.7 Å². The Morgan fingerprint density at radius 1 is 1.53 bits per heavy atom. The van der Waals surface area contributed by atoms with Crippen LogP contribution >= 0.6 is 11.8 Å². The lowest BCUT2D eigenvalue weighted by molar-refractivity contribution is -0.127. The predicted molar refractivity (Wildman–Crippen MR) is 64.6 cm³/mol. The topological polar surface area (TPSA) is 52.9 Å². The molecule has 0 radical (unpaired) electrons. The van der Waals surface area contributed by atoms with Gasteiger partial charge >= 0.3 is 0 Å². The Balaban J connectivity index is 3.79. The molecular weight excluding hydrogens is 208 g/mol. The van der Waals surface area contributed by atoms with Crippen LogP contribution < -0.4 is 5.32 Å². The first-order valence-corrected chi connectivity index (χ1v) is 6.68. The molecule has 0 aromatic rings. The lowest BCUT2D eigenvalue weighted by Gasteiger charge is -2.18. The zero-order chi connectivity index (χ0) is 11.7. The third kappa shape index (κ3) is 5.08. The van der Waals surface area contributed by atoms with Crippen molar-refractivity contribution < 1.29 is 4.79 Å². The van der Waals surface area contributed by atoms with E-state index in [0.29, 0.717) is 13.0 Å². The maximum absolute atomic E-state index is 11.6. The van der Waals surface area contributed by atoms with Gasteiger partial charge < -0.3 is 5.32 Å².